The van der Waals surface area contributed by atoms with Crippen LogP contribution in [0.1, 0.15) is 38.2 Å². The minimum Gasteiger partial charge on any atom is -0.0654 e. The fourth-order valence-electron chi connectivity index (χ4n) is 3.72. The zero-order chi connectivity index (χ0) is 14.9. The van der Waals surface area contributed by atoms with Gasteiger partial charge >= 0.3 is 0 Å². The Bertz CT molecular complexity index is 917. The Kier molecular flexibility index (Phi) is 3.46. The lowest BCUT2D eigenvalue weighted by Gasteiger charge is -2.14. The highest BCUT2D eigenvalue weighted by atomic mass is 14.1. The van der Waals surface area contributed by atoms with Gasteiger partial charge in [-0.2, -0.15) is 0 Å². The molecule has 0 unspecified atom stereocenters. The lowest BCUT2D eigenvalue weighted by atomic mass is 9.90. The van der Waals surface area contributed by atoms with Crippen molar-refractivity contribution in [2.24, 2.45) is 0 Å². The third kappa shape index (κ3) is 2.14. The number of hydrogen-bond acceptors (Lipinski definition) is 0. The molecule has 0 saturated heterocycles. The summed E-state index contributed by atoms with van der Waals surface area (Å²) in [6.07, 6.45) is 6.45. The summed E-state index contributed by atoms with van der Waals surface area (Å²) in [6, 6.07) is 21.1. The van der Waals surface area contributed by atoms with Gasteiger partial charge in [0.1, 0.15) is 0 Å². The summed E-state index contributed by atoms with van der Waals surface area (Å²) in [4.78, 5) is 0. The van der Waals surface area contributed by atoms with Crippen molar-refractivity contribution in [2.75, 3.05) is 0 Å². The van der Waals surface area contributed by atoms with Gasteiger partial charge in [-0.25, -0.2) is 0 Å². The average molecular weight is 285 g/mol. The van der Waals surface area contributed by atoms with E-state index in [1.807, 2.05) is 0 Å². The van der Waals surface area contributed by atoms with E-state index < -0.39 is 0 Å². The first kappa shape index (κ1) is 13.6. The van der Waals surface area contributed by atoms with E-state index in [1.165, 1.54) is 70.0 Å². The summed E-state index contributed by atoms with van der Waals surface area (Å²) in [5.74, 6) is 0. The summed E-state index contributed by atoms with van der Waals surface area (Å²) in [5.41, 5.74) is 1.50. The maximum absolute atomic E-state index is 3.30. The highest BCUT2D eigenvalue weighted by molar-refractivity contribution is 6.23. The molecule has 0 saturated carbocycles. The van der Waals surface area contributed by atoms with Crippen LogP contribution in [0.2, 0.25) is 0 Å². The van der Waals surface area contributed by atoms with Crippen LogP contribution in [0.4, 0.5) is 0 Å². The maximum Gasteiger partial charge on any atom is -0.00240 e. The van der Waals surface area contributed by atoms with E-state index in [0.717, 1.165) is 0 Å². The second-order valence-electron chi connectivity index (χ2n) is 6.32. The highest BCUT2D eigenvalue weighted by Crippen LogP contribution is 2.36. The molecule has 0 heteroatoms. The van der Waals surface area contributed by atoms with E-state index >= 15 is 0 Å². The molecule has 0 spiro atoms. The Balaban J connectivity index is 1.92. The molecule has 4 aromatic carbocycles. The topological polar surface area (TPSA) is 0 Å². The lowest BCUT2D eigenvalue weighted by molar-refractivity contribution is 0.668. The van der Waals surface area contributed by atoms with Crippen LogP contribution in [0, 0.1) is 6.07 Å². The largest absolute Gasteiger partial charge is 0.0654 e. The standard InChI is InChI=1S/C22H21/c1-2-3-4-5-8-18-15-19-11-6-9-16-13-14-17-10-7-12-20(18)22(17)21(16)19/h7,9-15H,2-5,8H2,1H3. The third-order valence-electron chi connectivity index (χ3n) is 4.82. The minimum atomic E-state index is 1.18. The van der Waals surface area contributed by atoms with Gasteiger partial charge in [0.25, 0.3) is 0 Å². The van der Waals surface area contributed by atoms with Crippen molar-refractivity contribution in [3.63, 3.8) is 0 Å². The van der Waals surface area contributed by atoms with Gasteiger partial charge in [0.05, 0.1) is 0 Å². The first-order valence-electron chi connectivity index (χ1n) is 8.45. The molecule has 22 heavy (non-hydrogen) atoms. The minimum absolute atomic E-state index is 1.18. The summed E-state index contributed by atoms with van der Waals surface area (Å²) in [7, 11) is 0. The SMILES string of the molecule is CCCCCCc1cc2c[c]cc3ccc4cccc1c4c32. The third-order valence-corrected chi connectivity index (χ3v) is 4.82. The second kappa shape index (κ2) is 5.61. The van der Waals surface area contributed by atoms with Crippen LogP contribution in [-0.2, 0) is 6.42 Å². The molecule has 0 heterocycles. The van der Waals surface area contributed by atoms with Crippen LogP contribution in [0.3, 0.4) is 0 Å². The van der Waals surface area contributed by atoms with Crippen LogP contribution in [-0.4, -0.2) is 0 Å². The summed E-state index contributed by atoms with van der Waals surface area (Å²) in [5, 5.41) is 8.29. The summed E-state index contributed by atoms with van der Waals surface area (Å²) in [6.45, 7) is 2.27. The predicted octanol–water partition coefficient (Wildman–Crippen LogP) is 6.51. The number of hydrogen-bond donors (Lipinski definition) is 0. The molecule has 0 nitrogen and oxygen atoms in total. The fourth-order valence-corrected chi connectivity index (χ4v) is 3.72. The molecule has 109 valence electrons. The normalized spacial score (nSPS) is 11.9. The van der Waals surface area contributed by atoms with Gasteiger partial charge in [-0.05, 0) is 68.9 Å². The molecule has 4 rings (SSSR count). The maximum atomic E-state index is 3.30. The molecular weight excluding hydrogens is 264 g/mol. The first-order chi connectivity index (χ1) is 10.9. The van der Waals surface area contributed by atoms with Crippen molar-refractivity contribution in [3.8, 4) is 0 Å². The molecule has 0 aliphatic heterocycles. The Morgan fingerprint density at radius 2 is 1.68 bits per heavy atom. The number of benzene rings is 4. The zero-order valence-electron chi connectivity index (χ0n) is 13.2. The number of aryl methyl sites for hydroxylation is 1. The average Bonchev–Trinajstić information content (AvgIpc) is 2.57. The molecule has 4 aromatic rings. The fraction of sp³-hybridized carbons (Fsp3) is 0.273. The van der Waals surface area contributed by atoms with Crippen LogP contribution in [0.25, 0.3) is 32.3 Å². The molecule has 0 aliphatic rings. The van der Waals surface area contributed by atoms with Crippen molar-refractivity contribution in [3.05, 3.63) is 60.2 Å². The van der Waals surface area contributed by atoms with Gasteiger partial charge in [-0.15, -0.1) is 0 Å². The van der Waals surface area contributed by atoms with Crippen LogP contribution >= 0.6 is 0 Å². The number of unbranched alkanes of at least 4 members (excludes halogenated alkanes) is 3. The molecule has 0 aromatic heterocycles. The Morgan fingerprint density at radius 3 is 2.59 bits per heavy atom. The quantitative estimate of drug-likeness (QED) is 0.290. The molecule has 1 radical (unpaired) electrons. The van der Waals surface area contributed by atoms with Crippen LogP contribution in [0.5, 0.6) is 0 Å². The lowest BCUT2D eigenvalue weighted by Crippen LogP contribution is -1.92. The van der Waals surface area contributed by atoms with Gasteiger partial charge in [-0.1, -0.05) is 62.6 Å². The second-order valence-corrected chi connectivity index (χ2v) is 6.32. The van der Waals surface area contributed by atoms with Crippen molar-refractivity contribution >= 4 is 32.3 Å². The summed E-state index contributed by atoms with van der Waals surface area (Å²) < 4.78 is 0. The van der Waals surface area contributed by atoms with Gasteiger partial charge in [0, 0.05) is 0 Å². The van der Waals surface area contributed by atoms with E-state index in [9.17, 15) is 0 Å². The Morgan fingerprint density at radius 1 is 0.818 bits per heavy atom. The van der Waals surface area contributed by atoms with Gasteiger partial charge in [-0.3, -0.25) is 0 Å². The predicted molar refractivity (Wildman–Crippen MR) is 96.8 cm³/mol. The van der Waals surface area contributed by atoms with Crippen molar-refractivity contribution in [1.82, 2.24) is 0 Å². The van der Waals surface area contributed by atoms with E-state index in [2.05, 4.69) is 61.5 Å². The molecule has 0 atom stereocenters. The molecule has 0 fully saturated rings. The van der Waals surface area contributed by atoms with Crippen LogP contribution < -0.4 is 0 Å². The van der Waals surface area contributed by atoms with Gasteiger partial charge in [0.15, 0.2) is 0 Å². The Labute approximate surface area is 132 Å². The van der Waals surface area contributed by atoms with Gasteiger partial charge in [0.2, 0.25) is 0 Å². The van der Waals surface area contributed by atoms with Crippen molar-refractivity contribution in [1.29, 1.82) is 0 Å². The monoisotopic (exact) mass is 285 g/mol. The molecule has 0 aliphatic carbocycles. The van der Waals surface area contributed by atoms with Gasteiger partial charge < -0.3 is 0 Å². The van der Waals surface area contributed by atoms with Crippen molar-refractivity contribution < 1.29 is 0 Å². The number of rotatable bonds is 5. The smallest absolute Gasteiger partial charge is 0.00240 e. The first-order valence-corrected chi connectivity index (χ1v) is 8.45. The Hall–Kier alpha value is -2.08. The molecular formula is C22H21. The van der Waals surface area contributed by atoms with Crippen molar-refractivity contribution in [2.45, 2.75) is 39.0 Å². The van der Waals surface area contributed by atoms with E-state index in [-0.39, 0.29) is 0 Å². The molecule has 0 amide bonds. The van der Waals surface area contributed by atoms with E-state index in [0.29, 0.717) is 0 Å². The highest BCUT2D eigenvalue weighted by Gasteiger charge is 2.11. The van der Waals surface area contributed by atoms with E-state index in [1.54, 1.807) is 0 Å². The van der Waals surface area contributed by atoms with E-state index in [4.69, 9.17) is 0 Å². The molecule has 0 bridgehead atoms. The zero-order valence-corrected chi connectivity index (χ0v) is 13.2. The molecule has 0 N–H and O–H groups in total. The summed E-state index contributed by atoms with van der Waals surface area (Å²) >= 11 is 0. The van der Waals surface area contributed by atoms with Crippen LogP contribution in [0.15, 0.2) is 48.5 Å².